The molecule has 0 bridgehead atoms. The molecule has 2 N–H and O–H groups in total. The first-order chi connectivity index (χ1) is 17.0. The lowest BCUT2D eigenvalue weighted by atomic mass is 9.97. The third kappa shape index (κ3) is 6.25. The fraction of sp³-hybridized carbons (Fsp3) is 0.391. The van der Waals surface area contributed by atoms with Crippen LogP contribution >= 0.6 is 23.1 Å². The van der Waals surface area contributed by atoms with Gasteiger partial charge in [0.25, 0.3) is 5.91 Å². The molecule has 3 heterocycles. The molecule has 0 spiro atoms. The molecule has 184 valence electrons. The van der Waals surface area contributed by atoms with Crippen LogP contribution in [0, 0.1) is 0 Å². The predicted molar refractivity (Wildman–Crippen MR) is 133 cm³/mol. The van der Waals surface area contributed by atoms with Crippen molar-refractivity contribution in [2.75, 3.05) is 31.8 Å². The van der Waals surface area contributed by atoms with E-state index in [4.69, 9.17) is 4.74 Å². The Bertz CT molecular complexity index is 1180. The minimum absolute atomic E-state index is 0.0128. The minimum Gasteiger partial charge on any atom is -0.497 e. The maximum atomic E-state index is 12.6. The van der Waals surface area contributed by atoms with Crippen molar-refractivity contribution in [3.8, 4) is 5.75 Å². The number of thioether (sulfide) groups is 1. The summed E-state index contributed by atoms with van der Waals surface area (Å²) in [6.07, 6.45) is 3.76. The van der Waals surface area contributed by atoms with Gasteiger partial charge in [-0.1, -0.05) is 11.8 Å². The number of ketones is 1. The van der Waals surface area contributed by atoms with Crippen molar-refractivity contribution in [1.29, 1.82) is 0 Å². The average Bonchev–Trinajstić information content (AvgIpc) is 3.57. The Hall–Kier alpha value is -3.25. The monoisotopic (exact) mass is 514 g/mol. The zero-order chi connectivity index (χ0) is 24.8. The number of piperidine rings is 1. The lowest BCUT2D eigenvalue weighted by Gasteiger charge is -2.31. The van der Waals surface area contributed by atoms with Crippen LogP contribution in [0.4, 0.5) is 5.95 Å². The number of likely N-dealkylation sites (tertiary alicyclic amines) is 1. The summed E-state index contributed by atoms with van der Waals surface area (Å²) in [6.45, 7) is 1.22. The number of aromatic amines is 1. The summed E-state index contributed by atoms with van der Waals surface area (Å²) in [7, 11) is 1.57. The Kier molecular flexibility index (Phi) is 8.13. The van der Waals surface area contributed by atoms with Gasteiger partial charge < -0.3 is 9.64 Å². The van der Waals surface area contributed by atoms with Crippen LogP contribution in [-0.4, -0.2) is 69.1 Å². The molecule has 12 heteroatoms. The highest BCUT2D eigenvalue weighted by Crippen LogP contribution is 2.31. The van der Waals surface area contributed by atoms with Crippen molar-refractivity contribution in [3.05, 3.63) is 45.9 Å². The molecule has 0 unspecified atom stereocenters. The lowest BCUT2D eigenvalue weighted by Crippen LogP contribution is -2.38. The number of hydrogen-bond acceptors (Lipinski definition) is 9. The standard InChI is InChI=1S/C23H26N6O4S2/c1-33-16-5-3-14(4-6-16)18(30)7-8-19(31)29-11-9-15(10-12-29)21-24-17(13-35-21)20(32)25-22-26-23(34-2)28-27-22/h3-6,13,15H,7-12H2,1-2H3,(H2,25,26,27,28,32). The van der Waals surface area contributed by atoms with Gasteiger partial charge in [-0.15, -0.1) is 16.4 Å². The molecule has 10 nitrogen and oxygen atoms in total. The van der Waals surface area contributed by atoms with Crippen molar-refractivity contribution >= 4 is 46.6 Å². The maximum absolute atomic E-state index is 12.6. The number of nitrogens with one attached hydrogen (secondary N) is 2. The number of rotatable bonds is 9. The van der Waals surface area contributed by atoms with Gasteiger partial charge >= 0.3 is 0 Å². The van der Waals surface area contributed by atoms with Gasteiger partial charge in [-0.05, 0) is 43.4 Å². The molecule has 0 atom stereocenters. The van der Waals surface area contributed by atoms with Gasteiger partial charge in [0.15, 0.2) is 5.78 Å². The SMILES string of the molecule is COc1ccc(C(=O)CCC(=O)N2CCC(c3nc(C(=O)Nc4nc(SC)n[nH]4)cs3)CC2)cc1. The topological polar surface area (TPSA) is 130 Å². The van der Waals surface area contributed by atoms with Crippen LogP contribution in [0.3, 0.4) is 0 Å². The molecular weight excluding hydrogens is 488 g/mol. The first kappa shape index (κ1) is 24.9. The van der Waals surface area contributed by atoms with Gasteiger partial charge in [-0.3, -0.25) is 19.7 Å². The number of ether oxygens (including phenoxy) is 1. The van der Waals surface area contributed by atoms with E-state index in [0.29, 0.717) is 35.3 Å². The van der Waals surface area contributed by atoms with Crippen LogP contribution in [0.5, 0.6) is 5.75 Å². The molecule has 2 amide bonds. The van der Waals surface area contributed by atoms with E-state index in [-0.39, 0.29) is 42.3 Å². The normalized spacial score (nSPS) is 14.1. The second-order valence-corrected chi connectivity index (χ2v) is 9.67. The van der Waals surface area contributed by atoms with Crippen LogP contribution in [0.25, 0.3) is 0 Å². The van der Waals surface area contributed by atoms with Gasteiger partial charge in [-0.25, -0.2) is 10.1 Å². The second kappa shape index (κ2) is 11.5. The molecule has 1 aliphatic heterocycles. The minimum atomic E-state index is -0.342. The van der Waals surface area contributed by atoms with E-state index in [1.54, 1.807) is 36.8 Å². The molecule has 0 saturated carbocycles. The number of aromatic nitrogens is 4. The quantitative estimate of drug-likeness (QED) is 0.327. The first-order valence-electron chi connectivity index (χ1n) is 11.1. The number of Topliss-reactive ketones (excluding diaryl/α,β-unsaturated/α-hetero) is 1. The average molecular weight is 515 g/mol. The van der Waals surface area contributed by atoms with E-state index >= 15 is 0 Å². The van der Waals surface area contributed by atoms with Crippen molar-refractivity contribution in [2.45, 2.75) is 36.8 Å². The van der Waals surface area contributed by atoms with Crippen LogP contribution < -0.4 is 10.1 Å². The summed E-state index contributed by atoms with van der Waals surface area (Å²) in [6, 6.07) is 6.91. The zero-order valence-electron chi connectivity index (χ0n) is 19.4. The third-order valence-corrected chi connectivity index (χ3v) is 7.36. The Morgan fingerprint density at radius 1 is 1.17 bits per heavy atom. The molecule has 35 heavy (non-hydrogen) atoms. The number of methoxy groups -OCH3 is 1. The van der Waals surface area contributed by atoms with E-state index in [1.807, 2.05) is 11.2 Å². The van der Waals surface area contributed by atoms with Crippen molar-refractivity contribution in [1.82, 2.24) is 25.1 Å². The van der Waals surface area contributed by atoms with Crippen LogP contribution in [0.15, 0.2) is 34.8 Å². The van der Waals surface area contributed by atoms with E-state index in [1.165, 1.54) is 23.1 Å². The fourth-order valence-corrected chi connectivity index (χ4v) is 5.11. The van der Waals surface area contributed by atoms with Crippen LogP contribution in [0.1, 0.15) is 57.5 Å². The summed E-state index contributed by atoms with van der Waals surface area (Å²) in [5, 5.41) is 12.5. The maximum Gasteiger partial charge on any atom is 0.277 e. The molecule has 4 rings (SSSR count). The number of amides is 2. The summed E-state index contributed by atoms with van der Waals surface area (Å²) < 4.78 is 5.11. The van der Waals surface area contributed by atoms with Crippen molar-refractivity contribution in [3.63, 3.8) is 0 Å². The number of benzene rings is 1. The summed E-state index contributed by atoms with van der Waals surface area (Å²) in [5.74, 6) is 0.755. The number of thiazole rings is 1. The van der Waals surface area contributed by atoms with Crippen LogP contribution in [-0.2, 0) is 4.79 Å². The number of H-pyrrole nitrogens is 1. The van der Waals surface area contributed by atoms with E-state index in [9.17, 15) is 14.4 Å². The predicted octanol–water partition coefficient (Wildman–Crippen LogP) is 3.61. The third-order valence-electron chi connectivity index (χ3n) is 5.81. The highest BCUT2D eigenvalue weighted by Gasteiger charge is 2.26. The van der Waals surface area contributed by atoms with Crippen LogP contribution in [0.2, 0.25) is 0 Å². The van der Waals surface area contributed by atoms with Gasteiger partial charge in [0, 0.05) is 42.8 Å². The van der Waals surface area contributed by atoms with Gasteiger partial charge in [0.1, 0.15) is 11.4 Å². The molecular formula is C23H26N6O4S2. The van der Waals surface area contributed by atoms with Gasteiger partial charge in [0.2, 0.25) is 17.0 Å². The number of carbonyl (C=O) groups excluding carboxylic acids is 3. The number of nitrogens with zero attached hydrogens (tertiary/aromatic N) is 4. The molecule has 1 fully saturated rings. The Balaban J connectivity index is 1.23. The summed E-state index contributed by atoms with van der Waals surface area (Å²) in [5.41, 5.74) is 0.913. The summed E-state index contributed by atoms with van der Waals surface area (Å²) in [4.78, 5) is 48.0. The molecule has 2 aromatic heterocycles. The Morgan fingerprint density at radius 3 is 2.57 bits per heavy atom. The molecule has 1 aromatic carbocycles. The second-order valence-electron chi connectivity index (χ2n) is 8.00. The fourth-order valence-electron chi connectivity index (χ4n) is 3.82. The van der Waals surface area contributed by atoms with Crippen molar-refractivity contribution < 1.29 is 19.1 Å². The van der Waals surface area contributed by atoms with Crippen molar-refractivity contribution in [2.24, 2.45) is 0 Å². The molecule has 3 aromatic rings. The smallest absolute Gasteiger partial charge is 0.277 e. The molecule has 1 saturated heterocycles. The van der Waals surface area contributed by atoms with Gasteiger partial charge in [0.05, 0.1) is 12.1 Å². The molecule has 0 aliphatic carbocycles. The highest BCUT2D eigenvalue weighted by molar-refractivity contribution is 7.98. The molecule has 0 radical (unpaired) electrons. The summed E-state index contributed by atoms with van der Waals surface area (Å²) >= 11 is 2.82. The number of hydrogen-bond donors (Lipinski definition) is 2. The molecule has 1 aliphatic rings. The Morgan fingerprint density at radius 2 is 1.91 bits per heavy atom. The van der Waals surface area contributed by atoms with Gasteiger partial charge in [-0.2, -0.15) is 4.98 Å². The first-order valence-corrected chi connectivity index (χ1v) is 13.3. The van der Waals surface area contributed by atoms with E-state index in [0.717, 1.165) is 17.8 Å². The number of carbonyl (C=O) groups is 3. The number of anilines is 1. The highest BCUT2D eigenvalue weighted by atomic mass is 32.2. The largest absolute Gasteiger partial charge is 0.497 e. The zero-order valence-corrected chi connectivity index (χ0v) is 21.1. The van der Waals surface area contributed by atoms with E-state index < -0.39 is 0 Å². The lowest BCUT2D eigenvalue weighted by molar-refractivity contribution is -0.132. The van der Waals surface area contributed by atoms with E-state index in [2.05, 4.69) is 25.5 Å². The Labute approximate surface area is 210 Å².